The molecule has 4 rings (SSSR count). The molecule has 0 spiro atoms. The number of anilines is 1. The summed E-state index contributed by atoms with van der Waals surface area (Å²) >= 11 is 0. The van der Waals surface area contributed by atoms with E-state index in [1.807, 2.05) is 65.3 Å². The van der Waals surface area contributed by atoms with Crippen LogP contribution in [0, 0.1) is 0 Å². The Morgan fingerprint density at radius 3 is 2.59 bits per heavy atom. The Balaban J connectivity index is 1.34. The van der Waals surface area contributed by atoms with Gasteiger partial charge in [0.1, 0.15) is 0 Å². The SMILES string of the molecule is O=C(CCCc1ccccc1)Nc1ccc(-c2cn3cccnc3n2)cc1. The fraction of sp³-hybridized carbons (Fsp3) is 0.136. The van der Waals surface area contributed by atoms with Gasteiger partial charge in [-0.2, -0.15) is 0 Å². The molecule has 0 bridgehead atoms. The van der Waals surface area contributed by atoms with Crippen molar-refractivity contribution in [3.63, 3.8) is 0 Å². The molecule has 1 N–H and O–H groups in total. The summed E-state index contributed by atoms with van der Waals surface area (Å²) in [6.45, 7) is 0. The first-order chi connectivity index (χ1) is 13.3. The summed E-state index contributed by atoms with van der Waals surface area (Å²) < 4.78 is 1.89. The molecular weight excluding hydrogens is 336 g/mol. The molecule has 2 aromatic carbocycles. The molecule has 0 saturated heterocycles. The molecular formula is C22H20N4O. The van der Waals surface area contributed by atoms with Crippen molar-refractivity contribution in [2.45, 2.75) is 19.3 Å². The first-order valence-corrected chi connectivity index (χ1v) is 9.02. The molecule has 0 aliphatic rings. The molecule has 0 atom stereocenters. The van der Waals surface area contributed by atoms with E-state index in [1.54, 1.807) is 6.20 Å². The van der Waals surface area contributed by atoms with Crippen LogP contribution in [0.5, 0.6) is 0 Å². The number of fused-ring (bicyclic) bond motifs is 1. The number of imidazole rings is 1. The first-order valence-electron chi connectivity index (χ1n) is 9.02. The third kappa shape index (κ3) is 4.20. The van der Waals surface area contributed by atoms with Crippen molar-refractivity contribution in [3.05, 3.63) is 84.8 Å². The van der Waals surface area contributed by atoms with Gasteiger partial charge in [0.25, 0.3) is 0 Å². The van der Waals surface area contributed by atoms with Gasteiger partial charge >= 0.3 is 0 Å². The number of carbonyl (C=O) groups excluding carboxylic acids is 1. The smallest absolute Gasteiger partial charge is 0.234 e. The molecule has 134 valence electrons. The van der Waals surface area contributed by atoms with Crippen LogP contribution in [0.25, 0.3) is 17.0 Å². The van der Waals surface area contributed by atoms with Gasteiger partial charge < -0.3 is 5.32 Å². The summed E-state index contributed by atoms with van der Waals surface area (Å²) in [5.74, 6) is 0.707. The van der Waals surface area contributed by atoms with Gasteiger partial charge in [-0.3, -0.25) is 9.20 Å². The third-order valence-corrected chi connectivity index (χ3v) is 4.41. The van der Waals surface area contributed by atoms with Crippen LogP contribution < -0.4 is 5.32 Å². The lowest BCUT2D eigenvalue weighted by Gasteiger charge is -2.06. The molecule has 5 heteroatoms. The molecule has 0 aliphatic heterocycles. The fourth-order valence-electron chi connectivity index (χ4n) is 3.01. The van der Waals surface area contributed by atoms with E-state index in [9.17, 15) is 4.79 Å². The molecule has 5 nitrogen and oxygen atoms in total. The monoisotopic (exact) mass is 356 g/mol. The van der Waals surface area contributed by atoms with E-state index < -0.39 is 0 Å². The quantitative estimate of drug-likeness (QED) is 0.558. The molecule has 27 heavy (non-hydrogen) atoms. The van der Waals surface area contributed by atoms with Crippen molar-refractivity contribution in [1.82, 2.24) is 14.4 Å². The number of carbonyl (C=O) groups is 1. The summed E-state index contributed by atoms with van der Waals surface area (Å²) in [7, 11) is 0. The first kappa shape index (κ1) is 17.0. The second-order valence-electron chi connectivity index (χ2n) is 6.42. The lowest BCUT2D eigenvalue weighted by molar-refractivity contribution is -0.116. The molecule has 0 aliphatic carbocycles. The van der Waals surface area contributed by atoms with E-state index in [-0.39, 0.29) is 5.91 Å². The number of benzene rings is 2. The Kier molecular flexibility index (Phi) is 4.92. The van der Waals surface area contributed by atoms with Gasteiger partial charge in [0.2, 0.25) is 11.7 Å². The molecule has 0 unspecified atom stereocenters. The molecule has 2 aromatic heterocycles. The van der Waals surface area contributed by atoms with Crippen LogP contribution in [0.15, 0.2) is 79.3 Å². The average Bonchev–Trinajstić information content (AvgIpc) is 3.13. The van der Waals surface area contributed by atoms with Crippen LogP contribution in [0.2, 0.25) is 0 Å². The Morgan fingerprint density at radius 1 is 1.00 bits per heavy atom. The molecule has 1 amide bonds. The lowest BCUT2D eigenvalue weighted by atomic mass is 10.1. The third-order valence-electron chi connectivity index (χ3n) is 4.41. The normalized spacial score (nSPS) is 10.8. The molecule has 2 heterocycles. The summed E-state index contributed by atoms with van der Waals surface area (Å²) in [5.41, 5.74) is 3.90. The van der Waals surface area contributed by atoms with E-state index in [0.717, 1.165) is 29.8 Å². The summed E-state index contributed by atoms with van der Waals surface area (Å²) in [6.07, 6.45) is 7.84. The average molecular weight is 356 g/mol. The fourth-order valence-corrected chi connectivity index (χ4v) is 3.01. The van der Waals surface area contributed by atoms with Gasteiger partial charge in [-0.25, -0.2) is 9.97 Å². The van der Waals surface area contributed by atoms with Crippen molar-refractivity contribution < 1.29 is 4.79 Å². The minimum Gasteiger partial charge on any atom is -0.326 e. The maximum absolute atomic E-state index is 12.1. The van der Waals surface area contributed by atoms with E-state index >= 15 is 0 Å². The second-order valence-corrected chi connectivity index (χ2v) is 6.42. The standard InChI is InChI=1S/C22H20N4O/c27-21(9-4-8-17-6-2-1-3-7-17)24-19-12-10-18(11-13-19)20-16-26-15-5-14-23-22(26)25-20/h1-3,5-7,10-16H,4,8-9H2,(H,24,27). The summed E-state index contributed by atoms with van der Waals surface area (Å²) in [5, 5.41) is 2.96. The number of nitrogens with one attached hydrogen (secondary N) is 1. The van der Waals surface area contributed by atoms with Crippen molar-refractivity contribution >= 4 is 17.4 Å². The maximum Gasteiger partial charge on any atom is 0.234 e. The minimum atomic E-state index is 0.0376. The van der Waals surface area contributed by atoms with Crippen LogP contribution in [0.3, 0.4) is 0 Å². The van der Waals surface area contributed by atoms with Crippen LogP contribution in [-0.2, 0) is 11.2 Å². The predicted molar refractivity (Wildman–Crippen MR) is 106 cm³/mol. The zero-order chi connectivity index (χ0) is 18.5. The number of aromatic nitrogens is 3. The van der Waals surface area contributed by atoms with E-state index in [4.69, 9.17) is 0 Å². The Morgan fingerprint density at radius 2 is 1.81 bits per heavy atom. The highest BCUT2D eigenvalue weighted by Gasteiger charge is 2.06. The van der Waals surface area contributed by atoms with Crippen molar-refractivity contribution in [1.29, 1.82) is 0 Å². The van der Waals surface area contributed by atoms with Crippen molar-refractivity contribution in [2.24, 2.45) is 0 Å². The van der Waals surface area contributed by atoms with Crippen molar-refractivity contribution in [2.75, 3.05) is 5.32 Å². The van der Waals surface area contributed by atoms with Crippen LogP contribution in [-0.4, -0.2) is 20.3 Å². The van der Waals surface area contributed by atoms with E-state index in [2.05, 4.69) is 27.4 Å². The largest absolute Gasteiger partial charge is 0.326 e. The number of nitrogens with zero attached hydrogens (tertiary/aromatic N) is 3. The highest BCUT2D eigenvalue weighted by atomic mass is 16.1. The number of amides is 1. The number of rotatable bonds is 6. The highest BCUT2D eigenvalue weighted by molar-refractivity contribution is 5.90. The summed E-state index contributed by atoms with van der Waals surface area (Å²) in [6, 6.07) is 19.8. The van der Waals surface area contributed by atoms with Crippen LogP contribution in [0.4, 0.5) is 5.69 Å². The van der Waals surface area contributed by atoms with E-state index in [1.165, 1.54) is 5.56 Å². The van der Waals surface area contributed by atoms with Crippen LogP contribution >= 0.6 is 0 Å². The van der Waals surface area contributed by atoms with Crippen molar-refractivity contribution in [3.8, 4) is 11.3 Å². The second kappa shape index (κ2) is 7.83. The topological polar surface area (TPSA) is 59.3 Å². The predicted octanol–water partition coefficient (Wildman–Crippen LogP) is 4.36. The summed E-state index contributed by atoms with van der Waals surface area (Å²) in [4.78, 5) is 20.9. The Bertz CT molecular complexity index is 1010. The van der Waals surface area contributed by atoms with Gasteiger partial charge in [-0.1, -0.05) is 42.5 Å². The number of hydrogen-bond acceptors (Lipinski definition) is 3. The maximum atomic E-state index is 12.1. The number of aryl methyl sites for hydroxylation is 1. The van der Waals surface area contributed by atoms with Gasteiger partial charge in [0.05, 0.1) is 5.69 Å². The van der Waals surface area contributed by atoms with Gasteiger partial charge in [-0.15, -0.1) is 0 Å². The highest BCUT2D eigenvalue weighted by Crippen LogP contribution is 2.21. The minimum absolute atomic E-state index is 0.0376. The van der Waals surface area contributed by atoms with Gasteiger partial charge in [-0.05, 0) is 36.6 Å². The van der Waals surface area contributed by atoms with Crippen LogP contribution in [0.1, 0.15) is 18.4 Å². The Hall–Kier alpha value is -3.47. The van der Waals surface area contributed by atoms with E-state index in [0.29, 0.717) is 12.2 Å². The zero-order valence-electron chi connectivity index (χ0n) is 14.9. The van der Waals surface area contributed by atoms with Gasteiger partial charge in [0, 0.05) is 36.3 Å². The zero-order valence-corrected chi connectivity index (χ0v) is 14.9. The Labute approximate surface area is 157 Å². The molecule has 0 fully saturated rings. The molecule has 0 saturated carbocycles. The lowest BCUT2D eigenvalue weighted by Crippen LogP contribution is -2.11. The number of hydrogen-bond donors (Lipinski definition) is 1. The molecule has 0 radical (unpaired) electrons. The molecule has 4 aromatic rings. The van der Waals surface area contributed by atoms with Gasteiger partial charge in [0.15, 0.2) is 0 Å².